The summed E-state index contributed by atoms with van der Waals surface area (Å²) in [5, 5.41) is 7.18. The molecule has 1 unspecified atom stereocenters. The van der Waals surface area contributed by atoms with Crippen LogP contribution < -0.4 is 10.7 Å². The third-order valence-electron chi connectivity index (χ3n) is 4.93. The lowest BCUT2D eigenvalue weighted by Crippen LogP contribution is -2.48. The van der Waals surface area contributed by atoms with E-state index in [1.165, 1.54) is 13.3 Å². The Morgan fingerprint density at radius 1 is 0.971 bits per heavy atom. The van der Waals surface area contributed by atoms with E-state index < -0.39 is 17.9 Å². The standard InChI is InChI=1S/C25H24ClN3O5/c1-15(2)22(28-23(30)17-8-10-19(26)11-9-17)24(31)29-27-14-20-12-13-21(34-20)16-4-6-18(7-5-16)25(32)33-3/h4-15,22H,1-3H3,(H,28,30)(H,29,31). The van der Waals surface area contributed by atoms with Crippen LogP contribution in [0.3, 0.4) is 0 Å². The predicted molar refractivity (Wildman–Crippen MR) is 129 cm³/mol. The van der Waals surface area contributed by atoms with Gasteiger partial charge in [-0.3, -0.25) is 9.59 Å². The average Bonchev–Trinajstić information content (AvgIpc) is 3.31. The molecule has 0 aliphatic carbocycles. The molecule has 0 saturated heterocycles. The number of ether oxygens (including phenoxy) is 1. The molecule has 1 heterocycles. The number of nitrogens with one attached hydrogen (secondary N) is 2. The molecule has 3 aromatic rings. The molecule has 0 bridgehead atoms. The van der Waals surface area contributed by atoms with Crippen LogP contribution in [0.15, 0.2) is 70.2 Å². The van der Waals surface area contributed by atoms with Crippen LogP contribution in [0, 0.1) is 5.92 Å². The molecule has 0 spiro atoms. The first kappa shape index (κ1) is 24.7. The minimum atomic E-state index is -0.791. The van der Waals surface area contributed by atoms with E-state index >= 15 is 0 Å². The van der Waals surface area contributed by atoms with Crippen LogP contribution in [0.4, 0.5) is 0 Å². The van der Waals surface area contributed by atoms with E-state index in [-0.39, 0.29) is 11.8 Å². The second kappa shape index (κ2) is 11.3. The van der Waals surface area contributed by atoms with Crippen LogP contribution in [0.25, 0.3) is 11.3 Å². The topological polar surface area (TPSA) is 110 Å². The van der Waals surface area contributed by atoms with Gasteiger partial charge >= 0.3 is 5.97 Å². The first-order chi connectivity index (χ1) is 16.3. The highest BCUT2D eigenvalue weighted by molar-refractivity contribution is 6.30. The van der Waals surface area contributed by atoms with Crippen molar-refractivity contribution in [3.8, 4) is 11.3 Å². The second-order valence-electron chi connectivity index (χ2n) is 7.71. The molecule has 3 rings (SSSR count). The number of carbonyl (C=O) groups is 3. The zero-order chi connectivity index (χ0) is 24.7. The van der Waals surface area contributed by atoms with Crippen molar-refractivity contribution in [3.63, 3.8) is 0 Å². The van der Waals surface area contributed by atoms with E-state index in [1.54, 1.807) is 60.7 Å². The van der Waals surface area contributed by atoms with Crippen LogP contribution in [-0.4, -0.2) is 37.1 Å². The summed E-state index contributed by atoms with van der Waals surface area (Å²) in [5.74, 6) is -0.450. The predicted octanol–water partition coefficient (Wildman–Crippen LogP) is 4.29. The zero-order valence-corrected chi connectivity index (χ0v) is 19.6. The van der Waals surface area contributed by atoms with Gasteiger partial charge in [0.1, 0.15) is 17.6 Å². The third-order valence-corrected chi connectivity index (χ3v) is 5.18. The van der Waals surface area contributed by atoms with Gasteiger partial charge in [-0.15, -0.1) is 0 Å². The van der Waals surface area contributed by atoms with Gasteiger partial charge in [0, 0.05) is 16.1 Å². The van der Waals surface area contributed by atoms with Crippen molar-refractivity contribution in [3.05, 3.63) is 82.6 Å². The molecule has 1 aromatic heterocycles. The Morgan fingerprint density at radius 3 is 2.24 bits per heavy atom. The highest BCUT2D eigenvalue weighted by atomic mass is 35.5. The number of rotatable bonds is 8. The van der Waals surface area contributed by atoms with E-state index in [9.17, 15) is 14.4 Å². The van der Waals surface area contributed by atoms with Crippen molar-refractivity contribution in [1.29, 1.82) is 0 Å². The second-order valence-corrected chi connectivity index (χ2v) is 8.14. The Bertz CT molecular complexity index is 1180. The van der Waals surface area contributed by atoms with Crippen LogP contribution >= 0.6 is 11.6 Å². The summed E-state index contributed by atoms with van der Waals surface area (Å²) in [6.45, 7) is 3.64. The van der Waals surface area contributed by atoms with Gasteiger partial charge in [-0.2, -0.15) is 5.10 Å². The molecule has 0 aliphatic rings. The number of furan rings is 1. The molecular formula is C25H24ClN3O5. The molecule has 8 nitrogen and oxygen atoms in total. The van der Waals surface area contributed by atoms with Crippen LogP contribution in [0.1, 0.15) is 40.3 Å². The molecule has 0 radical (unpaired) electrons. The summed E-state index contributed by atoms with van der Waals surface area (Å²) >= 11 is 5.85. The third kappa shape index (κ3) is 6.32. The molecule has 0 aliphatic heterocycles. The van der Waals surface area contributed by atoms with Crippen molar-refractivity contribution in [2.45, 2.75) is 19.9 Å². The fourth-order valence-electron chi connectivity index (χ4n) is 3.06. The minimum Gasteiger partial charge on any atom is -0.465 e. The van der Waals surface area contributed by atoms with Gasteiger partial charge < -0.3 is 14.5 Å². The van der Waals surface area contributed by atoms with Crippen molar-refractivity contribution in [1.82, 2.24) is 10.7 Å². The van der Waals surface area contributed by atoms with Gasteiger partial charge in [-0.1, -0.05) is 37.6 Å². The summed E-state index contributed by atoms with van der Waals surface area (Å²) in [6.07, 6.45) is 1.36. The summed E-state index contributed by atoms with van der Waals surface area (Å²) in [4.78, 5) is 36.6. The lowest BCUT2D eigenvalue weighted by Gasteiger charge is -2.20. The molecule has 34 heavy (non-hydrogen) atoms. The summed E-state index contributed by atoms with van der Waals surface area (Å²) in [5.41, 5.74) is 4.03. The number of carbonyl (C=O) groups excluding carboxylic acids is 3. The summed E-state index contributed by atoms with van der Waals surface area (Å²) < 4.78 is 10.4. The number of hydrogen-bond donors (Lipinski definition) is 2. The lowest BCUT2D eigenvalue weighted by atomic mass is 10.0. The average molecular weight is 482 g/mol. The summed E-state index contributed by atoms with van der Waals surface area (Å²) in [7, 11) is 1.32. The summed E-state index contributed by atoms with van der Waals surface area (Å²) in [6, 6.07) is 15.8. The van der Waals surface area contributed by atoms with Gasteiger partial charge in [0.15, 0.2) is 0 Å². The van der Waals surface area contributed by atoms with Gasteiger partial charge in [-0.05, 0) is 54.4 Å². The number of methoxy groups -OCH3 is 1. The Hall–Kier alpha value is -3.91. The number of amides is 2. The highest BCUT2D eigenvalue weighted by Crippen LogP contribution is 2.22. The maximum atomic E-state index is 12.6. The van der Waals surface area contributed by atoms with E-state index in [1.807, 2.05) is 13.8 Å². The molecule has 2 amide bonds. The van der Waals surface area contributed by atoms with Gasteiger partial charge in [0.05, 0.1) is 18.9 Å². The number of hydrogen-bond acceptors (Lipinski definition) is 6. The molecule has 9 heteroatoms. The van der Waals surface area contributed by atoms with Gasteiger partial charge in [-0.25, -0.2) is 10.2 Å². The maximum Gasteiger partial charge on any atom is 0.337 e. The van der Waals surface area contributed by atoms with Gasteiger partial charge in [0.25, 0.3) is 11.8 Å². The Kier molecular flexibility index (Phi) is 8.21. The zero-order valence-electron chi connectivity index (χ0n) is 18.9. The molecule has 2 N–H and O–H groups in total. The smallest absolute Gasteiger partial charge is 0.337 e. The van der Waals surface area contributed by atoms with E-state index in [0.29, 0.717) is 27.7 Å². The van der Waals surface area contributed by atoms with E-state index in [2.05, 4.69) is 20.6 Å². The van der Waals surface area contributed by atoms with Crippen LogP contribution in [0.2, 0.25) is 5.02 Å². The lowest BCUT2D eigenvalue weighted by molar-refractivity contribution is -0.123. The largest absolute Gasteiger partial charge is 0.465 e. The van der Waals surface area contributed by atoms with E-state index in [0.717, 1.165) is 5.56 Å². The first-order valence-corrected chi connectivity index (χ1v) is 10.8. The van der Waals surface area contributed by atoms with Crippen molar-refractivity contribution < 1.29 is 23.5 Å². The Labute approximate surface area is 201 Å². The highest BCUT2D eigenvalue weighted by Gasteiger charge is 2.24. The first-order valence-electron chi connectivity index (χ1n) is 10.5. The van der Waals surface area contributed by atoms with E-state index in [4.69, 9.17) is 16.0 Å². The van der Waals surface area contributed by atoms with Crippen molar-refractivity contribution in [2.24, 2.45) is 11.0 Å². The molecule has 0 fully saturated rings. The Balaban J connectivity index is 1.60. The fourth-order valence-corrected chi connectivity index (χ4v) is 3.18. The van der Waals surface area contributed by atoms with Crippen LogP contribution in [0.5, 0.6) is 0 Å². The van der Waals surface area contributed by atoms with Gasteiger partial charge in [0.2, 0.25) is 0 Å². The number of esters is 1. The number of hydrazone groups is 1. The number of nitrogens with zero attached hydrogens (tertiary/aromatic N) is 1. The SMILES string of the molecule is COC(=O)c1ccc(-c2ccc(C=NNC(=O)C(NC(=O)c3ccc(Cl)cc3)C(C)C)o2)cc1. The molecule has 176 valence electrons. The monoisotopic (exact) mass is 481 g/mol. The maximum absolute atomic E-state index is 12.6. The number of benzene rings is 2. The fraction of sp³-hybridized carbons (Fsp3) is 0.200. The van der Waals surface area contributed by atoms with Crippen molar-refractivity contribution >= 4 is 35.6 Å². The normalized spacial score (nSPS) is 11.9. The molecule has 0 saturated carbocycles. The van der Waals surface area contributed by atoms with Crippen LogP contribution in [-0.2, 0) is 9.53 Å². The number of halogens is 1. The minimum absolute atomic E-state index is 0.172. The Morgan fingerprint density at radius 2 is 1.62 bits per heavy atom. The molecular weight excluding hydrogens is 458 g/mol. The van der Waals surface area contributed by atoms with Crippen molar-refractivity contribution in [2.75, 3.05) is 7.11 Å². The molecule has 2 aromatic carbocycles. The quantitative estimate of drug-likeness (QED) is 0.283. The molecule has 1 atom stereocenters.